The molecule has 0 saturated heterocycles. The number of hydrogen-bond acceptors (Lipinski definition) is 3. The molecule has 16 rings (SSSR count). The van der Waals surface area contributed by atoms with Gasteiger partial charge in [-0.2, -0.15) is 0 Å². The fourth-order valence-corrected chi connectivity index (χ4v) is 12.7. The molecule has 0 aliphatic rings. The van der Waals surface area contributed by atoms with E-state index in [1.165, 1.54) is 85.7 Å². The fourth-order valence-electron chi connectivity index (χ4n) is 11.6. The van der Waals surface area contributed by atoms with Crippen LogP contribution in [0, 0.1) is 0 Å². The first-order chi connectivity index (χ1) is 32.7. The molecule has 0 spiro atoms. The molecule has 6 aromatic heterocycles. The molecule has 0 aliphatic heterocycles. The second-order valence-corrected chi connectivity index (χ2v) is 18.8. The highest BCUT2D eigenvalue weighted by Crippen LogP contribution is 2.50. The third-order valence-electron chi connectivity index (χ3n) is 14.3. The predicted molar refractivity (Wildman–Crippen MR) is 278 cm³/mol. The summed E-state index contributed by atoms with van der Waals surface area (Å²) in [5.41, 5.74) is 14.6. The number of nitrogens with zero attached hydrogens (tertiary/aromatic N) is 5. The van der Waals surface area contributed by atoms with Crippen LogP contribution in [-0.2, 0) is 0 Å². The Hall–Kier alpha value is -8.58. The van der Waals surface area contributed by atoms with Crippen LogP contribution in [0.4, 0.5) is 0 Å². The molecule has 304 valence electrons. The maximum absolute atomic E-state index is 5.74. The second kappa shape index (κ2) is 12.6. The van der Waals surface area contributed by atoms with Crippen LogP contribution in [0.25, 0.3) is 147 Å². The molecule has 66 heavy (non-hydrogen) atoms. The Morgan fingerprint density at radius 3 is 1.94 bits per heavy atom. The Kier molecular flexibility index (Phi) is 6.64. The van der Waals surface area contributed by atoms with Gasteiger partial charge in [0.15, 0.2) is 0 Å². The Labute approximate surface area is 379 Å². The van der Waals surface area contributed by atoms with E-state index in [-0.39, 0.29) is 0 Å². The molecule has 16 aromatic rings. The highest BCUT2D eigenvalue weighted by atomic mass is 32.1. The molecule has 0 atom stereocenters. The number of aromatic nitrogens is 5. The number of thiophene rings is 1. The van der Waals surface area contributed by atoms with Gasteiger partial charge in [-0.1, -0.05) is 133 Å². The number of rotatable bonds is 4. The highest BCUT2D eigenvalue weighted by molar-refractivity contribution is 7.26. The first-order valence-corrected chi connectivity index (χ1v) is 23.3. The summed E-state index contributed by atoms with van der Waals surface area (Å²) in [6.45, 7) is 0. The summed E-state index contributed by atoms with van der Waals surface area (Å²) >= 11 is 1.88. The van der Waals surface area contributed by atoms with Crippen molar-refractivity contribution in [2.24, 2.45) is 0 Å². The van der Waals surface area contributed by atoms with E-state index in [0.29, 0.717) is 5.95 Å². The average Bonchev–Trinajstić information content (AvgIpc) is 4.10. The molecule has 0 saturated carbocycles. The molecule has 0 N–H and O–H groups in total. The van der Waals surface area contributed by atoms with Crippen molar-refractivity contribution in [3.8, 4) is 34.0 Å². The molecule has 6 heterocycles. The van der Waals surface area contributed by atoms with Crippen molar-refractivity contribution in [3.63, 3.8) is 0 Å². The standard InChI is InChI=1S/C60H33N5S/c1-2-12-34(13-3-1)36-15-10-16-38(32-36)63-45-20-8-6-18-40(45)42-26-25-37(33-50(42)63)57-44-27-24-35-14-4-5-17-39(35)58(44)62-60(61-57)65-48-30-31-52-56-53-47(22-11-23-51(53)66-52)64-46-21-9-7-19-41(46)43-28-29-49(65)55(54(48)56)59(43)64/h1-33H. The lowest BCUT2D eigenvalue weighted by molar-refractivity contribution is 1.02. The van der Waals surface area contributed by atoms with Gasteiger partial charge in [0.1, 0.15) is 0 Å². The Bertz CT molecular complexity index is 4700. The molecular weight excluding hydrogens is 823 g/mol. The minimum absolute atomic E-state index is 0.659. The van der Waals surface area contributed by atoms with Crippen LogP contribution in [0.15, 0.2) is 200 Å². The number of para-hydroxylation sites is 2. The molecule has 10 aromatic carbocycles. The predicted octanol–water partition coefficient (Wildman–Crippen LogP) is 16.1. The van der Waals surface area contributed by atoms with Crippen molar-refractivity contribution in [1.82, 2.24) is 23.5 Å². The molecule has 0 unspecified atom stereocenters. The molecule has 6 heteroatoms. The molecular formula is C60H33N5S. The zero-order valence-electron chi connectivity index (χ0n) is 35.2. The van der Waals surface area contributed by atoms with Crippen molar-refractivity contribution >= 4 is 124 Å². The Morgan fingerprint density at radius 1 is 0.348 bits per heavy atom. The summed E-state index contributed by atoms with van der Waals surface area (Å²) in [4.78, 5) is 11.4. The van der Waals surface area contributed by atoms with Gasteiger partial charge in [-0.05, 0) is 83.2 Å². The van der Waals surface area contributed by atoms with Crippen molar-refractivity contribution < 1.29 is 0 Å². The van der Waals surface area contributed by atoms with Crippen molar-refractivity contribution in [3.05, 3.63) is 200 Å². The van der Waals surface area contributed by atoms with Gasteiger partial charge >= 0.3 is 0 Å². The Morgan fingerprint density at radius 2 is 1.03 bits per heavy atom. The maximum atomic E-state index is 5.74. The van der Waals surface area contributed by atoms with E-state index in [1.807, 2.05) is 11.3 Å². The first kappa shape index (κ1) is 34.9. The van der Waals surface area contributed by atoms with Crippen molar-refractivity contribution in [2.45, 2.75) is 0 Å². The van der Waals surface area contributed by atoms with Gasteiger partial charge in [-0.3, -0.25) is 4.57 Å². The van der Waals surface area contributed by atoms with Gasteiger partial charge in [0.2, 0.25) is 5.95 Å². The molecule has 0 fully saturated rings. The molecule has 0 aliphatic carbocycles. The van der Waals surface area contributed by atoms with E-state index < -0.39 is 0 Å². The fraction of sp³-hybridized carbons (Fsp3) is 0. The maximum Gasteiger partial charge on any atom is 0.235 e. The van der Waals surface area contributed by atoms with E-state index in [1.54, 1.807) is 0 Å². The van der Waals surface area contributed by atoms with Gasteiger partial charge in [0, 0.05) is 74.5 Å². The minimum Gasteiger partial charge on any atom is -0.309 e. The molecule has 0 amide bonds. The van der Waals surface area contributed by atoms with Gasteiger partial charge in [0.05, 0.1) is 49.8 Å². The molecule has 0 radical (unpaired) electrons. The lowest BCUT2D eigenvalue weighted by Crippen LogP contribution is -2.04. The topological polar surface area (TPSA) is 40.0 Å². The summed E-state index contributed by atoms with van der Waals surface area (Å²) in [7, 11) is 0. The van der Waals surface area contributed by atoms with Gasteiger partial charge in [0.25, 0.3) is 0 Å². The SMILES string of the molecule is c1ccc(-c2cccc(-n3c4ccccc4c4ccc(-c5nc(-n6c7ccc8sc9cccc%10c9c8c7c7c6ccc6c8ccccc8n%10c67)nc6c5ccc5ccccc56)cc43)c2)cc1. The van der Waals surface area contributed by atoms with Gasteiger partial charge in [-0.25, -0.2) is 9.97 Å². The average molecular weight is 856 g/mol. The van der Waals surface area contributed by atoms with Gasteiger partial charge in [-0.15, -0.1) is 11.3 Å². The van der Waals surface area contributed by atoms with E-state index >= 15 is 0 Å². The largest absolute Gasteiger partial charge is 0.309 e. The lowest BCUT2D eigenvalue weighted by Gasteiger charge is -2.14. The summed E-state index contributed by atoms with van der Waals surface area (Å²) in [6.07, 6.45) is 0. The molecule has 0 bridgehead atoms. The van der Waals surface area contributed by atoms with Crippen LogP contribution in [0.2, 0.25) is 0 Å². The van der Waals surface area contributed by atoms with Crippen LogP contribution >= 0.6 is 11.3 Å². The highest BCUT2D eigenvalue weighted by Gasteiger charge is 2.27. The normalized spacial score (nSPS) is 12.5. The van der Waals surface area contributed by atoms with Crippen LogP contribution in [-0.4, -0.2) is 23.5 Å². The van der Waals surface area contributed by atoms with Crippen LogP contribution in [0.3, 0.4) is 0 Å². The summed E-state index contributed by atoms with van der Waals surface area (Å²) in [5, 5.41) is 13.3. The van der Waals surface area contributed by atoms with E-state index in [0.717, 1.165) is 55.2 Å². The molecule has 5 nitrogen and oxygen atoms in total. The van der Waals surface area contributed by atoms with Crippen molar-refractivity contribution in [2.75, 3.05) is 0 Å². The second-order valence-electron chi connectivity index (χ2n) is 17.7. The number of benzene rings is 10. The summed E-state index contributed by atoms with van der Waals surface area (Å²) < 4.78 is 9.87. The minimum atomic E-state index is 0.659. The van der Waals surface area contributed by atoms with E-state index in [4.69, 9.17) is 9.97 Å². The number of fused-ring (bicyclic) bond motifs is 10. The van der Waals surface area contributed by atoms with Crippen LogP contribution in [0.1, 0.15) is 0 Å². The van der Waals surface area contributed by atoms with Gasteiger partial charge < -0.3 is 8.97 Å². The summed E-state index contributed by atoms with van der Waals surface area (Å²) in [6, 6.07) is 73.1. The zero-order chi connectivity index (χ0) is 42.8. The monoisotopic (exact) mass is 855 g/mol. The van der Waals surface area contributed by atoms with Crippen LogP contribution < -0.4 is 0 Å². The lowest BCUT2D eigenvalue weighted by atomic mass is 10.0. The van der Waals surface area contributed by atoms with E-state index in [9.17, 15) is 0 Å². The van der Waals surface area contributed by atoms with Crippen LogP contribution in [0.5, 0.6) is 0 Å². The third kappa shape index (κ3) is 4.43. The quantitative estimate of drug-likeness (QED) is 0.165. The summed E-state index contributed by atoms with van der Waals surface area (Å²) in [5.74, 6) is 0.659. The third-order valence-corrected chi connectivity index (χ3v) is 15.5. The zero-order valence-corrected chi connectivity index (χ0v) is 36.0. The smallest absolute Gasteiger partial charge is 0.235 e. The number of hydrogen-bond donors (Lipinski definition) is 0. The van der Waals surface area contributed by atoms with Crippen molar-refractivity contribution in [1.29, 1.82) is 0 Å². The first-order valence-electron chi connectivity index (χ1n) is 22.5. The Balaban J connectivity index is 1.03. The van der Waals surface area contributed by atoms with E-state index in [2.05, 4.69) is 214 Å².